The number of rotatable bonds is 6. The molecule has 0 saturated carbocycles. The van der Waals surface area contributed by atoms with E-state index in [-0.39, 0.29) is 24.7 Å². The van der Waals surface area contributed by atoms with Crippen LogP contribution in [0, 0.1) is 0 Å². The average Bonchev–Trinajstić information content (AvgIpc) is 2.88. The van der Waals surface area contributed by atoms with E-state index in [1.807, 2.05) is 6.92 Å². The van der Waals surface area contributed by atoms with Gasteiger partial charge in [0.2, 0.25) is 0 Å². The van der Waals surface area contributed by atoms with Crippen molar-refractivity contribution in [3.63, 3.8) is 0 Å². The predicted molar refractivity (Wildman–Crippen MR) is 77.2 cm³/mol. The van der Waals surface area contributed by atoms with Gasteiger partial charge in [-0.05, 0) is 6.42 Å². The molecule has 0 aliphatic rings. The number of aromatic amines is 1. The van der Waals surface area contributed by atoms with E-state index in [1.54, 1.807) is 0 Å². The van der Waals surface area contributed by atoms with E-state index in [1.165, 1.54) is 18.0 Å². The number of ether oxygens (including phenoxy) is 1. The van der Waals surface area contributed by atoms with Gasteiger partial charge < -0.3 is 14.8 Å². The zero-order valence-corrected chi connectivity index (χ0v) is 12.5. The summed E-state index contributed by atoms with van der Waals surface area (Å²) in [5.74, 6) is -0.367. The van der Waals surface area contributed by atoms with Gasteiger partial charge >= 0.3 is 5.97 Å². The van der Waals surface area contributed by atoms with Gasteiger partial charge in [-0.3, -0.25) is 9.59 Å². The lowest BCUT2D eigenvalue weighted by Crippen LogP contribution is -2.19. The minimum Gasteiger partial charge on any atom is -0.468 e. The molecule has 0 spiro atoms. The number of H-pyrrole nitrogens is 1. The quantitative estimate of drug-likeness (QED) is 0.444. The van der Waals surface area contributed by atoms with Crippen molar-refractivity contribution in [2.24, 2.45) is 0 Å². The van der Waals surface area contributed by atoms with Crippen LogP contribution in [0.25, 0.3) is 11.0 Å². The third-order valence-electron chi connectivity index (χ3n) is 2.88. The second kappa shape index (κ2) is 6.72. The van der Waals surface area contributed by atoms with Crippen molar-refractivity contribution in [2.75, 3.05) is 13.7 Å². The molecule has 2 heterocycles. The molecule has 0 radical (unpaired) electrons. The van der Waals surface area contributed by atoms with Crippen LogP contribution >= 0.6 is 11.8 Å². The number of hydrogen-bond donors (Lipinski definition) is 2. The highest BCUT2D eigenvalue weighted by Crippen LogP contribution is 2.23. The molecule has 0 amide bonds. The van der Waals surface area contributed by atoms with E-state index in [0.29, 0.717) is 22.6 Å². The van der Waals surface area contributed by atoms with Gasteiger partial charge in [-0.1, -0.05) is 18.7 Å². The summed E-state index contributed by atoms with van der Waals surface area (Å²) in [4.78, 5) is 30.5. The lowest BCUT2D eigenvalue weighted by atomic mass is 10.3. The van der Waals surface area contributed by atoms with Gasteiger partial charge in [0.25, 0.3) is 5.56 Å². The van der Waals surface area contributed by atoms with Crippen LogP contribution in [-0.4, -0.2) is 49.8 Å². The maximum atomic E-state index is 12.0. The van der Waals surface area contributed by atoms with E-state index >= 15 is 0 Å². The highest BCUT2D eigenvalue weighted by atomic mass is 32.2. The van der Waals surface area contributed by atoms with Gasteiger partial charge in [0.1, 0.15) is 10.6 Å². The number of aliphatic hydroxyl groups excluding tert-OH is 1. The Kier molecular flexibility index (Phi) is 4.97. The number of thioether (sulfide) groups is 1. The number of carbonyl (C=O) groups is 1. The van der Waals surface area contributed by atoms with Crippen LogP contribution in [-0.2, 0) is 16.1 Å². The first kappa shape index (κ1) is 15.5. The minimum absolute atomic E-state index is 0.104. The van der Waals surface area contributed by atoms with Gasteiger partial charge in [-0.15, -0.1) is 0 Å². The van der Waals surface area contributed by atoms with E-state index in [9.17, 15) is 9.59 Å². The standard InChI is InChI=1S/C12H16N4O4S/c1-3-8(11(19)20-2)21-12-14-9-7(10(18)15-12)6-13-16(9)4-5-17/h6,8,17H,3-5H2,1-2H3,(H,14,15,18)/t8-/m1/s1. The van der Waals surface area contributed by atoms with Crippen molar-refractivity contribution < 1.29 is 14.6 Å². The molecule has 21 heavy (non-hydrogen) atoms. The molecule has 0 bridgehead atoms. The maximum Gasteiger partial charge on any atom is 0.319 e. The Morgan fingerprint density at radius 2 is 2.38 bits per heavy atom. The summed E-state index contributed by atoms with van der Waals surface area (Å²) in [6, 6.07) is 0. The molecule has 2 aromatic rings. The molecule has 0 aliphatic heterocycles. The van der Waals surface area contributed by atoms with E-state index < -0.39 is 5.25 Å². The van der Waals surface area contributed by atoms with Crippen LogP contribution < -0.4 is 5.56 Å². The monoisotopic (exact) mass is 312 g/mol. The van der Waals surface area contributed by atoms with Crippen molar-refractivity contribution >= 4 is 28.8 Å². The Bertz CT molecular complexity index is 696. The Hall–Kier alpha value is -1.87. The Morgan fingerprint density at radius 1 is 1.62 bits per heavy atom. The molecular weight excluding hydrogens is 296 g/mol. The second-order valence-electron chi connectivity index (χ2n) is 4.24. The molecule has 1 atom stereocenters. The van der Waals surface area contributed by atoms with Crippen LogP contribution in [0.4, 0.5) is 0 Å². The molecule has 9 heteroatoms. The first-order chi connectivity index (χ1) is 10.1. The molecule has 8 nitrogen and oxygen atoms in total. The van der Waals surface area contributed by atoms with Crippen LogP contribution in [0.15, 0.2) is 16.1 Å². The maximum absolute atomic E-state index is 12.0. The van der Waals surface area contributed by atoms with E-state index in [0.717, 1.165) is 11.8 Å². The molecule has 0 aliphatic carbocycles. The highest BCUT2D eigenvalue weighted by molar-refractivity contribution is 8.00. The van der Waals surface area contributed by atoms with Crippen molar-refractivity contribution in [1.29, 1.82) is 0 Å². The molecule has 0 unspecified atom stereocenters. The minimum atomic E-state index is -0.440. The molecule has 2 rings (SSSR count). The Labute approximate surface area is 124 Å². The van der Waals surface area contributed by atoms with Crippen LogP contribution in [0.1, 0.15) is 13.3 Å². The number of nitrogens with one attached hydrogen (secondary N) is 1. The molecule has 0 aromatic carbocycles. The Balaban J connectivity index is 2.38. The fourth-order valence-corrected chi connectivity index (χ4v) is 2.74. The lowest BCUT2D eigenvalue weighted by Gasteiger charge is -2.11. The van der Waals surface area contributed by atoms with Gasteiger partial charge in [0.15, 0.2) is 10.8 Å². The summed E-state index contributed by atoms with van der Waals surface area (Å²) >= 11 is 1.14. The number of methoxy groups -OCH3 is 1. The number of hydrogen-bond acceptors (Lipinski definition) is 7. The molecule has 114 valence electrons. The van der Waals surface area contributed by atoms with Crippen molar-refractivity contribution in [1.82, 2.24) is 19.7 Å². The third-order valence-corrected chi connectivity index (χ3v) is 4.11. The van der Waals surface area contributed by atoms with Gasteiger partial charge in [-0.2, -0.15) is 5.10 Å². The van der Waals surface area contributed by atoms with Crippen molar-refractivity contribution in [3.8, 4) is 0 Å². The first-order valence-electron chi connectivity index (χ1n) is 6.41. The number of nitrogens with zero attached hydrogens (tertiary/aromatic N) is 3. The summed E-state index contributed by atoms with van der Waals surface area (Å²) in [6.07, 6.45) is 1.96. The van der Waals surface area contributed by atoms with Crippen molar-refractivity contribution in [2.45, 2.75) is 30.3 Å². The summed E-state index contributed by atoms with van der Waals surface area (Å²) in [7, 11) is 1.32. The zero-order valence-electron chi connectivity index (χ0n) is 11.7. The number of carbonyl (C=O) groups excluding carboxylic acids is 1. The van der Waals surface area contributed by atoms with Gasteiger partial charge in [-0.25, -0.2) is 9.67 Å². The smallest absolute Gasteiger partial charge is 0.319 e. The van der Waals surface area contributed by atoms with Gasteiger partial charge in [0, 0.05) is 0 Å². The topological polar surface area (TPSA) is 110 Å². The summed E-state index contributed by atoms with van der Waals surface area (Å²) in [6.45, 7) is 1.99. The zero-order chi connectivity index (χ0) is 15.4. The van der Waals surface area contributed by atoms with Crippen LogP contribution in [0.2, 0.25) is 0 Å². The highest BCUT2D eigenvalue weighted by Gasteiger charge is 2.20. The molecule has 2 aromatic heterocycles. The number of aliphatic hydroxyl groups is 1. The number of esters is 1. The molecular formula is C12H16N4O4S. The fourth-order valence-electron chi connectivity index (χ4n) is 1.82. The fraction of sp³-hybridized carbons (Fsp3) is 0.500. The molecule has 0 saturated heterocycles. The first-order valence-corrected chi connectivity index (χ1v) is 7.29. The number of aromatic nitrogens is 4. The third kappa shape index (κ3) is 3.24. The molecule has 0 fully saturated rings. The van der Waals surface area contributed by atoms with E-state index in [4.69, 9.17) is 9.84 Å². The van der Waals surface area contributed by atoms with Crippen molar-refractivity contribution in [3.05, 3.63) is 16.6 Å². The Morgan fingerprint density at radius 3 is 3.00 bits per heavy atom. The largest absolute Gasteiger partial charge is 0.468 e. The summed E-state index contributed by atoms with van der Waals surface area (Å²) in [5.41, 5.74) is 0.0569. The average molecular weight is 312 g/mol. The summed E-state index contributed by atoms with van der Waals surface area (Å²) < 4.78 is 6.16. The second-order valence-corrected chi connectivity index (χ2v) is 5.43. The summed E-state index contributed by atoms with van der Waals surface area (Å²) in [5, 5.41) is 13.2. The number of fused-ring (bicyclic) bond motifs is 1. The lowest BCUT2D eigenvalue weighted by molar-refractivity contribution is -0.140. The van der Waals surface area contributed by atoms with E-state index in [2.05, 4.69) is 15.1 Å². The van der Waals surface area contributed by atoms with Crippen LogP contribution in [0.3, 0.4) is 0 Å². The van der Waals surface area contributed by atoms with Crippen LogP contribution in [0.5, 0.6) is 0 Å². The SMILES string of the molecule is CC[C@@H](Sc1nc2c(cnn2CCO)c(=O)[nH]1)C(=O)OC. The predicted octanol–water partition coefficient (Wildman–Crippen LogP) is 0.156. The normalized spacial score (nSPS) is 12.5. The van der Waals surface area contributed by atoms with Gasteiger partial charge in [0.05, 0.1) is 26.5 Å². The molecule has 2 N–H and O–H groups in total.